The van der Waals surface area contributed by atoms with E-state index in [1.54, 1.807) is 11.1 Å². The zero-order chi connectivity index (χ0) is 24.3. The van der Waals surface area contributed by atoms with Crippen molar-refractivity contribution in [3.63, 3.8) is 0 Å². The lowest BCUT2D eigenvalue weighted by molar-refractivity contribution is -0.148. The van der Waals surface area contributed by atoms with E-state index in [0.29, 0.717) is 37.5 Å². The lowest BCUT2D eigenvalue weighted by atomic mass is 9.49. The molecule has 7 nitrogen and oxygen atoms in total. The number of likely N-dealkylation sites (tertiary alicyclic amines) is 1. The van der Waals surface area contributed by atoms with Crippen LogP contribution < -0.4 is 10.1 Å². The molecule has 2 aromatic rings. The van der Waals surface area contributed by atoms with Crippen LogP contribution in [0.25, 0.3) is 0 Å². The van der Waals surface area contributed by atoms with Crippen LogP contribution in [0, 0.1) is 23.2 Å². The van der Waals surface area contributed by atoms with Crippen molar-refractivity contribution in [2.75, 3.05) is 18.4 Å². The Balaban J connectivity index is 0.878. The number of nitrogens with one attached hydrogen (secondary N) is 1. The van der Waals surface area contributed by atoms with Crippen LogP contribution in [0.2, 0.25) is 0 Å². The summed E-state index contributed by atoms with van der Waals surface area (Å²) in [5.41, 5.74) is 3.28. The SMILES string of the molecule is O=C(CC12CC3CC(CC(C3)C1)C2)N1CC(Oc2ccc(NC(=O)N3Cc4ccncc4C3)cc2)C1. The highest BCUT2D eigenvalue weighted by Gasteiger charge is 2.52. The molecule has 1 saturated heterocycles. The highest BCUT2D eigenvalue weighted by atomic mass is 16.5. The van der Waals surface area contributed by atoms with Crippen molar-refractivity contribution in [1.29, 1.82) is 0 Å². The minimum absolute atomic E-state index is 0.0440. The van der Waals surface area contributed by atoms with Crippen molar-refractivity contribution in [2.45, 2.75) is 64.1 Å². The first kappa shape index (κ1) is 22.1. The Kier molecular flexibility index (Phi) is 5.22. The molecule has 4 aliphatic carbocycles. The molecule has 7 heteroatoms. The van der Waals surface area contributed by atoms with Crippen molar-refractivity contribution in [3.05, 3.63) is 53.9 Å². The van der Waals surface area contributed by atoms with Gasteiger partial charge in [-0.1, -0.05) is 0 Å². The number of nitrogens with zero attached hydrogens (tertiary/aromatic N) is 3. The minimum Gasteiger partial charge on any atom is -0.487 e. The van der Waals surface area contributed by atoms with Gasteiger partial charge in [0.2, 0.25) is 5.91 Å². The zero-order valence-electron chi connectivity index (χ0n) is 20.7. The van der Waals surface area contributed by atoms with Crippen molar-refractivity contribution in [3.8, 4) is 5.75 Å². The van der Waals surface area contributed by atoms with Gasteiger partial charge in [0, 0.05) is 37.6 Å². The van der Waals surface area contributed by atoms with Crippen molar-refractivity contribution < 1.29 is 14.3 Å². The predicted molar refractivity (Wildman–Crippen MR) is 135 cm³/mol. The van der Waals surface area contributed by atoms with Crippen LogP contribution in [0.3, 0.4) is 0 Å². The first-order valence-corrected chi connectivity index (χ1v) is 13.5. The number of benzene rings is 1. The van der Waals surface area contributed by atoms with Crippen LogP contribution in [-0.2, 0) is 17.9 Å². The Labute approximate surface area is 212 Å². The van der Waals surface area contributed by atoms with Gasteiger partial charge in [0.25, 0.3) is 0 Å². The monoisotopic (exact) mass is 486 g/mol. The number of amides is 3. The lowest BCUT2D eigenvalue weighted by Crippen LogP contribution is -2.57. The molecule has 5 fully saturated rings. The average molecular weight is 487 g/mol. The number of carbonyl (C=O) groups is 2. The number of carbonyl (C=O) groups excluding carboxylic acids is 2. The normalized spacial score (nSPS) is 30.2. The number of hydrogen-bond donors (Lipinski definition) is 1. The van der Waals surface area contributed by atoms with Gasteiger partial charge in [0.1, 0.15) is 11.9 Å². The summed E-state index contributed by atoms with van der Waals surface area (Å²) < 4.78 is 6.10. The summed E-state index contributed by atoms with van der Waals surface area (Å²) in [7, 11) is 0. The third-order valence-electron chi connectivity index (χ3n) is 9.31. The number of hydrogen-bond acceptors (Lipinski definition) is 4. The first-order chi connectivity index (χ1) is 17.5. The Hall–Kier alpha value is -3.09. The van der Waals surface area contributed by atoms with Gasteiger partial charge in [0.15, 0.2) is 0 Å². The predicted octanol–water partition coefficient (Wildman–Crippen LogP) is 4.83. The number of urea groups is 1. The van der Waals surface area contributed by atoms with Crippen LogP contribution in [0.4, 0.5) is 10.5 Å². The number of pyridine rings is 1. The van der Waals surface area contributed by atoms with E-state index in [9.17, 15) is 9.59 Å². The maximum absolute atomic E-state index is 13.1. The van der Waals surface area contributed by atoms with E-state index in [0.717, 1.165) is 46.7 Å². The molecule has 188 valence electrons. The van der Waals surface area contributed by atoms with E-state index >= 15 is 0 Å². The summed E-state index contributed by atoms with van der Waals surface area (Å²) in [5.74, 6) is 3.75. The molecule has 36 heavy (non-hydrogen) atoms. The Morgan fingerprint density at radius 2 is 1.58 bits per heavy atom. The third-order valence-corrected chi connectivity index (χ3v) is 9.31. The second kappa shape index (κ2) is 8.49. The summed E-state index contributed by atoms with van der Waals surface area (Å²) in [5, 5.41) is 2.97. The minimum atomic E-state index is -0.118. The molecule has 0 atom stereocenters. The molecule has 0 unspecified atom stereocenters. The molecule has 1 aromatic carbocycles. The van der Waals surface area contributed by atoms with Crippen LogP contribution in [0.5, 0.6) is 5.75 Å². The fourth-order valence-corrected chi connectivity index (χ4v) is 8.03. The van der Waals surface area contributed by atoms with E-state index in [-0.39, 0.29) is 12.1 Å². The Morgan fingerprint density at radius 1 is 0.917 bits per heavy atom. The van der Waals surface area contributed by atoms with Crippen molar-refractivity contribution in [1.82, 2.24) is 14.8 Å². The largest absolute Gasteiger partial charge is 0.487 e. The summed E-state index contributed by atoms with van der Waals surface area (Å²) >= 11 is 0. The Bertz CT molecular complexity index is 1110. The number of aromatic nitrogens is 1. The van der Waals surface area contributed by atoms with Crippen molar-refractivity contribution >= 4 is 17.6 Å². The standard InChI is InChI=1S/C29H34N4O3/c34-27(13-29-10-19-7-20(11-29)9-21(8-19)12-29)32-17-26(18-32)36-25-3-1-24(2-4-25)31-28(35)33-15-22-5-6-30-14-23(22)16-33/h1-6,14,19-21,26H,7-13,15-18H2,(H,31,35). The summed E-state index contributed by atoms with van der Waals surface area (Å²) in [6, 6.07) is 9.36. The zero-order valence-corrected chi connectivity index (χ0v) is 20.7. The number of ether oxygens (including phenoxy) is 1. The van der Waals surface area contributed by atoms with Crippen LogP contribution in [0.1, 0.15) is 56.1 Å². The van der Waals surface area contributed by atoms with Gasteiger partial charge in [-0.3, -0.25) is 9.78 Å². The molecule has 0 spiro atoms. The molecule has 1 aromatic heterocycles. The molecule has 6 aliphatic rings. The molecule has 8 rings (SSSR count). The van der Waals surface area contributed by atoms with E-state index in [1.807, 2.05) is 41.4 Å². The summed E-state index contributed by atoms with van der Waals surface area (Å²) in [4.78, 5) is 33.6. The maximum atomic E-state index is 13.1. The molecular formula is C29H34N4O3. The van der Waals surface area contributed by atoms with Crippen LogP contribution in [0.15, 0.2) is 42.7 Å². The van der Waals surface area contributed by atoms with Gasteiger partial charge in [0.05, 0.1) is 13.1 Å². The van der Waals surface area contributed by atoms with Gasteiger partial charge >= 0.3 is 6.03 Å². The number of anilines is 1. The fourth-order valence-electron chi connectivity index (χ4n) is 8.03. The maximum Gasteiger partial charge on any atom is 0.322 e. The Morgan fingerprint density at radius 3 is 2.25 bits per heavy atom. The molecule has 0 radical (unpaired) electrons. The highest BCUT2D eigenvalue weighted by molar-refractivity contribution is 5.89. The fraction of sp³-hybridized carbons (Fsp3) is 0.552. The molecular weight excluding hydrogens is 452 g/mol. The van der Waals surface area contributed by atoms with Crippen LogP contribution in [-0.4, -0.2) is 45.9 Å². The lowest BCUT2D eigenvalue weighted by Gasteiger charge is -2.57. The van der Waals surface area contributed by atoms with E-state index < -0.39 is 0 Å². The second-order valence-corrected chi connectivity index (χ2v) is 12.1. The quantitative estimate of drug-likeness (QED) is 0.657. The van der Waals surface area contributed by atoms with Gasteiger partial charge in [-0.15, -0.1) is 0 Å². The smallest absolute Gasteiger partial charge is 0.322 e. The van der Waals surface area contributed by atoms with Gasteiger partial charge < -0.3 is 19.9 Å². The topological polar surface area (TPSA) is 74.8 Å². The van der Waals surface area contributed by atoms with Gasteiger partial charge in [-0.05, 0) is 103 Å². The molecule has 4 saturated carbocycles. The third kappa shape index (κ3) is 4.12. The first-order valence-electron chi connectivity index (χ1n) is 13.5. The highest BCUT2D eigenvalue weighted by Crippen LogP contribution is 2.61. The van der Waals surface area contributed by atoms with Gasteiger partial charge in [-0.25, -0.2) is 4.79 Å². The number of fused-ring (bicyclic) bond motifs is 1. The van der Waals surface area contributed by atoms with Crippen molar-refractivity contribution in [2.24, 2.45) is 23.2 Å². The second-order valence-electron chi connectivity index (χ2n) is 12.1. The average Bonchev–Trinajstić information content (AvgIpc) is 3.25. The van der Waals surface area contributed by atoms with E-state index in [1.165, 1.54) is 38.5 Å². The molecule has 4 bridgehead atoms. The molecule has 1 N–H and O–H groups in total. The molecule has 2 aliphatic heterocycles. The van der Waals surface area contributed by atoms with E-state index in [2.05, 4.69) is 10.3 Å². The summed E-state index contributed by atoms with van der Waals surface area (Å²) in [6.45, 7) is 2.53. The van der Waals surface area contributed by atoms with Gasteiger partial charge in [-0.2, -0.15) is 0 Å². The summed E-state index contributed by atoms with van der Waals surface area (Å²) in [6.07, 6.45) is 12.5. The molecule has 3 amide bonds. The van der Waals surface area contributed by atoms with Crippen LogP contribution >= 0.6 is 0 Å². The van der Waals surface area contributed by atoms with E-state index in [4.69, 9.17) is 4.74 Å². The number of rotatable bonds is 5. The molecule has 3 heterocycles.